The van der Waals surface area contributed by atoms with Crippen molar-refractivity contribution >= 4 is 17.2 Å². The van der Waals surface area contributed by atoms with Crippen LogP contribution in [0.5, 0.6) is 0 Å². The zero-order chi connectivity index (χ0) is 18.0. The number of aliphatic hydroxyl groups excluding tert-OH is 1. The molecule has 0 spiro atoms. The number of Topliss-reactive ketones (excluding diaryl/α,β-unsaturated/α-hetero) is 1. The molecule has 0 aliphatic heterocycles. The van der Waals surface area contributed by atoms with Gasteiger partial charge in [-0.3, -0.25) is 9.79 Å². The first-order valence-corrected chi connectivity index (χ1v) is 7.67. The minimum Gasteiger partial charge on any atom is -0.511 e. The van der Waals surface area contributed by atoms with E-state index in [1.165, 1.54) is 30.3 Å². The molecule has 0 amide bonds. The lowest BCUT2D eigenvalue weighted by molar-refractivity contribution is -0.114. The molecule has 0 unspecified atom stereocenters. The molecule has 0 saturated heterocycles. The molecular formula is C19H14F3NO2. The number of carbonyl (C=O) groups is 1. The third-order valence-corrected chi connectivity index (χ3v) is 3.90. The molecule has 1 N–H and O–H groups in total. The Balaban J connectivity index is 1.93. The molecule has 0 atom stereocenters. The van der Waals surface area contributed by atoms with Crippen LogP contribution in [0.15, 0.2) is 58.8 Å². The second kappa shape index (κ2) is 6.93. The number of benzene rings is 2. The third kappa shape index (κ3) is 3.79. The normalized spacial score (nSPS) is 18.0. The fourth-order valence-corrected chi connectivity index (χ4v) is 2.68. The SMILES string of the molecule is O=C1CCC(=Nc2ccc(F)c(F)c2)/C1=C(\O)Cc1ccc(F)cc1. The smallest absolute Gasteiger partial charge is 0.168 e. The molecule has 128 valence electrons. The van der Waals surface area contributed by atoms with E-state index in [1.54, 1.807) is 0 Å². The summed E-state index contributed by atoms with van der Waals surface area (Å²) in [4.78, 5) is 16.3. The van der Waals surface area contributed by atoms with Gasteiger partial charge in [0, 0.05) is 18.9 Å². The molecule has 0 radical (unpaired) electrons. The van der Waals surface area contributed by atoms with Crippen LogP contribution in [-0.2, 0) is 11.2 Å². The van der Waals surface area contributed by atoms with Gasteiger partial charge in [0.1, 0.15) is 11.6 Å². The summed E-state index contributed by atoms with van der Waals surface area (Å²) in [7, 11) is 0. The van der Waals surface area contributed by atoms with Gasteiger partial charge < -0.3 is 5.11 Å². The Morgan fingerprint density at radius 3 is 2.40 bits per heavy atom. The first-order chi connectivity index (χ1) is 11.9. The van der Waals surface area contributed by atoms with Crippen LogP contribution in [0.3, 0.4) is 0 Å². The summed E-state index contributed by atoms with van der Waals surface area (Å²) < 4.78 is 39.2. The van der Waals surface area contributed by atoms with E-state index in [2.05, 4.69) is 4.99 Å². The van der Waals surface area contributed by atoms with Gasteiger partial charge in [-0.05, 0) is 36.2 Å². The van der Waals surface area contributed by atoms with E-state index in [-0.39, 0.29) is 35.6 Å². The van der Waals surface area contributed by atoms with Crippen molar-refractivity contribution in [1.29, 1.82) is 0 Å². The summed E-state index contributed by atoms with van der Waals surface area (Å²) in [6.45, 7) is 0. The van der Waals surface area contributed by atoms with Gasteiger partial charge in [0.2, 0.25) is 0 Å². The highest BCUT2D eigenvalue weighted by molar-refractivity contribution is 6.28. The molecule has 0 aromatic heterocycles. The monoisotopic (exact) mass is 345 g/mol. The zero-order valence-corrected chi connectivity index (χ0v) is 13.1. The lowest BCUT2D eigenvalue weighted by atomic mass is 10.0. The van der Waals surface area contributed by atoms with E-state index in [9.17, 15) is 23.1 Å². The first kappa shape index (κ1) is 17.0. The maximum Gasteiger partial charge on any atom is 0.168 e. The summed E-state index contributed by atoms with van der Waals surface area (Å²) >= 11 is 0. The third-order valence-electron chi connectivity index (χ3n) is 3.90. The fraction of sp³-hybridized carbons (Fsp3) is 0.158. The maximum absolute atomic E-state index is 13.3. The molecule has 6 heteroatoms. The van der Waals surface area contributed by atoms with Gasteiger partial charge in [-0.1, -0.05) is 12.1 Å². The van der Waals surface area contributed by atoms with Crippen LogP contribution in [0, 0.1) is 17.5 Å². The topological polar surface area (TPSA) is 49.7 Å². The Kier molecular flexibility index (Phi) is 4.70. The minimum absolute atomic E-state index is 0.0537. The molecule has 25 heavy (non-hydrogen) atoms. The van der Waals surface area contributed by atoms with Crippen molar-refractivity contribution < 1.29 is 23.1 Å². The molecule has 1 fully saturated rings. The Bertz CT molecular complexity index is 886. The summed E-state index contributed by atoms with van der Waals surface area (Å²) in [5, 5.41) is 10.3. The number of nitrogens with zero attached hydrogens (tertiary/aromatic N) is 1. The summed E-state index contributed by atoms with van der Waals surface area (Å²) in [5.41, 5.74) is 1.22. The quantitative estimate of drug-likeness (QED) is 0.653. The first-order valence-electron chi connectivity index (χ1n) is 7.67. The van der Waals surface area contributed by atoms with Crippen LogP contribution in [-0.4, -0.2) is 16.6 Å². The van der Waals surface area contributed by atoms with E-state index >= 15 is 0 Å². The van der Waals surface area contributed by atoms with Crippen molar-refractivity contribution in [2.45, 2.75) is 19.3 Å². The predicted molar refractivity (Wildman–Crippen MR) is 87.5 cm³/mol. The number of hydrogen-bond donors (Lipinski definition) is 1. The number of rotatable bonds is 3. The molecule has 1 aliphatic carbocycles. The van der Waals surface area contributed by atoms with E-state index in [0.717, 1.165) is 12.1 Å². The molecule has 3 nitrogen and oxygen atoms in total. The average molecular weight is 345 g/mol. The standard InChI is InChI=1S/C19H14F3NO2/c20-12-3-1-11(2-4-12)9-18(25)19-16(7-8-17(19)24)23-13-5-6-14(21)15(22)10-13/h1-6,10,25H,7-9H2/b19-18+,23-16?. The number of allylic oxidation sites excluding steroid dienone is 2. The molecule has 3 rings (SSSR count). The number of aliphatic imine (C=N–C) groups is 1. The van der Waals surface area contributed by atoms with E-state index in [1.807, 2.05) is 0 Å². The zero-order valence-electron chi connectivity index (χ0n) is 13.1. The van der Waals surface area contributed by atoms with Crippen molar-refractivity contribution in [3.8, 4) is 0 Å². The van der Waals surface area contributed by atoms with Gasteiger partial charge in [0.25, 0.3) is 0 Å². The lowest BCUT2D eigenvalue weighted by Crippen LogP contribution is -2.07. The fourth-order valence-electron chi connectivity index (χ4n) is 2.68. The number of ketones is 1. The molecule has 2 aromatic rings. The number of aliphatic hydroxyl groups is 1. The van der Waals surface area contributed by atoms with Crippen LogP contribution >= 0.6 is 0 Å². The van der Waals surface area contributed by atoms with Crippen LogP contribution in [0.2, 0.25) is 0 Å². The van der Waals surface area contributed by atoms with E-state index in [0.29, 0.717) is 17.7 Å². The van der Waals surface area contributed by atoms with E-state index in [4.69, 9.17) is 0 Å². The summed E-state index contributed by atoms with van der Waals surface area (Å²) in [5.74, 6) is -2.85. The van der Waals surface area contributed by atoms with Crippen molar-refractivity contribution in [3.63, 3.8) is 0 Å². The van der Waals surface area contributed by atoms with Crippen LogP contribution in [0.1, 0.15) is 18.4 Å². The predicted octanol–water partition coefficient (Wildman–Crippen LogP) is 4.59. The Hall–Kier alpha value is -2.89. The summed E-state index contributed by atoms with van der Waals surface area (Å²) in [6, 6.07) is 8.73. The average Bonchev–Trinajstić information content (AvgIpc) is 2.94. The van der Waals surface area contributed by atoms with Crippen molar-refractivity contribution in [2.24, 2.45) is 4.99 Å². The van der Waals surface area contributed by atoms with Gasteiger partial charge in [-0.15, -0.1) is 0 Å². The van der Waals surface area contributed by atoms with Gasteiger partial charge >= 0.3 is 0 Å². The van der Waals surface area contributed by atoms with Crippen molar-refractivity contribution in [1.82, 2.24) is 0 Å². The van der Waals surface area contributed by atoms with Gasteiger partial charge in [-0.2, -0.15) is 0 Å². The Morgan fingerprint density at radius 2 is 1.72 bits per heavy atom. The molecule has 0 heterocycles. The highest BCUT2D eigenvalue weighted by Crippen LogP contribution is 2.26. The van der Waals surface area contributed by atoms with Gasteiger partial charge in [0.15, 0.2) is 17.4 Å². The van der Waals surface area contributed by atoms with Crippen LogP contribution in [0.25, 0.3) is 0 Å². The molecule has 1 aliphatic rings. The van der Waals surface area contributed by atoms with Gasteiger partial charge in [-0.25, -0.2) is 13.2 Å². The summed E-state index contributed by atoms with van der Waals surface area (Å²) in [6.07, 6.45) is 0.546. The molecular weight excluding hydrogens is 331 g/mol. The highest BCUT2D eigenvalue weighted by atomic mass is 19.2. The second-order valence-corrected chi connectivity index (χ2v) is 5.71. The minimum atomic E-state index is -1.03. The van der Waals surface area contributed by atoms with Crippen molar-refractivity contribution in [3.05, 3.63) is 76.8 Å². The Morgan fingerprint density at radius 1 is 1.00 bits per heavy atom. The second-order valence-electron chi connectivity index (χ2n) is 5.71. The van der Waals surface area contributed by atoms with Gasteiger partial charge in [0.05, 0.1) is 17.0 Å². The number of halogens is 3. The van der Waals surface area contributed by atoms with Crippen LogP contribution < -0.4 is 0 Å². The largest absolute Gasteiger partial charge is 0.511 e. The highest BCUT2D eigenvalue weighted by Gasteiger charge is 2.28. The van der Waals surface area contributed by atoms with E-state index < -0.39 is 17.5 Å². The van der Waals surface area contributed by atoms with Crippen molar-refractivity contribution in [2.75, 3.05) is 0 Å². The molecule has 0 bridgehead atoms. The number of hydrogen-bond acceptors (Lipinski definition) is 3. The van der Waals surface area contributed by atoms with Crippen LogP contribution in [0.4, 0.5) is 18.9 Å². The lowest BCUT2D eigenvalue weighted by Gasteiger charge is -2.06. The molecule has 1 saturated carbocycles. The number of carbonyl (C=O) groups excluding carboxylic acids is 1. The Labute approximate surface area is 142 Å². The maximum atomic E-state index is 13.3. The molecule has 2 aromatic carbocycles.